The number of ether oxygens (including phenoxy) is 2. The molecule has 0 radical (unpaired) electrons. The van der Waals surface area contributed by atoms with Gasteiger partial charge in [0.05, 0.1) is 23.8 Å². The highest BCUT2D eigenvalue weighted by atomic mass is 79.9. The first-order valence-electron chi connectivity index (χ1n) is 11.9. The van der Waals surface area contributed by atoms with Crippen molar-refractivity contribution in [2.75, 3.05) is 12.4 Å². The average Bonchev–Trinajstić information content (AvgIpc) is 2.98. The maximum absolute atomic E-state index is 12.6. The fourth-order valence-corrected chi connectivity index (χ4v) is 3.76. The number of halogens is 1. The van der Waals surface area contributed by atoms with Crippen LogP contribution in [0.15, 0.2) is 101 Å². The van der Waals surface area contributed by atoms with Gasteiger partial charge in [0.15, 0.2) is 11.5 Å². The second-order valence-corrected chi connectivity index (χ2v) is 9.26. The fourth-order valence-electron chi connectivity index (χ4n) is 3.50. The lowest BCUT2D eigenvalue weighted by molar-refractivity contribution is -0.384. The maximum atomic E-state index is 12.6. The second-order valence-electron chi connectivity index (χ2n) is 8.34. The smallest absolute Gasteiger partial charge is 0.343 e. The number of esters is 1. The fraction of sp³-hybridized carbons (Fsp3) is 0.0345. The maximum Gasteiger partial charge on any atom is 0.343 e. The number of rotatable bonds is 9. The van der Waals surface area contributed by atoms with Crippen LogP contribution < -0.4 is 20.2 Å². The van der Waals surface area contributed by atoms with E-state index in [2.05, 4.69) is 31.8 Å². The van der Waals surface area contributed by atoms with E-state index < -0.39 is 16.8 Å². The van der Waals surface area contributed by atoms with E-state index in [1.54, 1.807) is 54.6 Å². The van der Waals surface area contributed by atoms with E-state index in [1.165, 1.54) is 49.7 Å². The third kappa shape index (κ3) is 7.61. The number of anilines is 1. The molecule has 12 heteroatoms. The highest BCUT2D eigenvalue weighted by Crippen LogP contribution is 2.28. The van der Waals surface area contributed by atoms with Gasteiger partial charge in [0.1, 0.15) is 0 Å². The molecule has 0 spiro atoms. The van der Waals surface area contributed by atoms with Gasteiger partial charge in [0.25, 0.3) is 17.5 Å². The van der Waals surface area contributed by atoms with Crippen LogP contribution in [-0.2, 0) is 0 Å². The Kier molecular flexibility index (Phi) is 9.17. The molecule has 2 amide bonds. The molecular formula is C29H21BrN4O7. The largest absolute Gasteiger partial charge is 0.493 e. The molecule has 41 heavy (non-hydrogen) atoms. The zero-order valence-electron chi connectivity index (χ0n) is 21.4. The molecule has 0 saturated carbocycles. The van der Waals surface area contributed by atoms with Gasteiger partial charge < -0.3 is 14.8 Å². The van der Waals surface area contributed by atoms with Crippen molar-refractivity contribution >= 4 is 51.3 Å². The number of amides is 2. The van der Waals surface area contributed by atoms with Gasteiger partial charge in [-0.05, 0) is 78.4 Å². The summed E-state index contributed by atoms with van der Waals surface area (Å²) >= 11 is 3.33. The number of carbonyl (C=O) groups is 3. The van der Waals surface area contributed by atoms with Gasteiger partial charge in [0.2, 0.25) is 0 Å². The van der Waals surface area contributed by atoms with Crippen LogP contribution in [0.25, 0.3) is 0 Å². The molecule has 0 aliphatic carbocycles. The Labute approximate surface area is 242 Å². The van der Waals surface area contributed by atoms with Gasteiger partial charge >= 0.3 is 5.97 Å². The van der Waals surface area contributed by atoms with E-state index in [9.17, 15) is 24.5 Å². The minimum absolute atomic E-state index is 0.124. The predicted octanol–water partition coefficient (Wildman–Crippen LogP) is 5.60. The molecule has 0 unspecified atom stereocenters. The topological polar surface area (TPSA) is 149 Å². The Bertz CT molecular complexity index is 1640. The lowest BCUT2D eigenvalue weighted by atomic mass is 10.1. The Morgan fingerprint density at radius 2 is 1.56 bits per heavy atom. The molecule has 0 heterocycles. The molecule has 206 valence electrons. The molecule has 0 aliphatic heterocycles. The molecule has 0 atom stereocenters. The number of benzene rings is 4. The molecular weight excluding hydrogens is 596 g/mol. The van der Waals surface area contributed by atoms with Crippen LogP contribution in [-0.4, -0.2) is 36.0 Å². The van der Waals surface area contributed by atoms with Gasteiger partial charge in [-0.25, -0.2) is 10.2 Å². The third-order valence-electron chi connectivity index (χ3n) is 5.57. The zero-order valence-corrected chi connectivity index (χ0v) is 23.0. The van der Waals surface area contributed by atoms with Crippen LogP contribution in [0.1, 0.15) is 36.6 Å². The lowest BCUT2D eigenvalue weighted by Gasteiger charge is -2.10. The summed E-state index contributed by atoms with van der Waals surface area (Å²) in [5.74, 6) is -1.18. The summed E-state index contributed by atoms with van der Waals surface area (Å²) in [7, 11) is 1.39. The van der Waals surface area contributed by atoms with Crippen LogP contribution in [0.5, 0.6) is 11.5 Å². The summed E-state index contributed by atoms with van der Waals surface area (Å²) in [5, 5.41) is 17.5. The van der Waals surface area contributed by atoms with Crippen LogP contribution in [0.2, 0.25) is 0 Å². The highest BCUT2D eigenvalue weighted by molar-refractivity contribution is 9.10. The number of nitrogens with one attached hydrogen (secondary N) is 2. The number of nitrogens with zero attached hydrogens (tertiary/aromatic N) is 2. The quantitative estimate of drug-likeness (QED) is 0.0816. The first-order chi connectivity index (χ1) is 19.7. The number of nitro benzene ring substituents is 1. The van der Waals surface area contributed by atoms with Crippen LogP contribution in [0.3, 0.4) is 0 Å². The van der Waals surface area contributed by atoms with Crippen molar-refractivity contribution < 1.29 is 28.8 Å². The number of nitro groups is 1. The van der Waals surface area contributed by atoms with Crippen LogP contribution in [0.4, 0.5) is 11.4 Å². The summed E-state index contributed by atoms with van der Waals surface area (Å²) in [6.45, 7) is 0. The van der Waals surface area contributed by atoms with E-state index in [0.717, 1.165) is 4.47 Å². The van der Waals surface area contributed by atoms with Gasteiger partial charge in [-0.2, -0.15) is 5.10 Å². The summed E-state index contributed by atoms with van der Waals surface area (Å²) in [4.78, 5) is 47.8. The highest BCUT2D eigenvalue weighted by Gasteiger charge is 2.15. The Morgan fingerprint density at radius 3 is 2.24 bits per heavy atom. The molecule has 2 N–H and O–H groups in total. The van der Waals surface area contributed by atoms with Crippen molar-refractivity contribution in [3.8, 4) is 11.5 Å². The summed E-state index contributed by atoms with van der Waals surface area (Å²) in [6.07, 6.45) is 1.38. The Balaban J connectivity index is 1.37. The Hall–Kier alpha value is -5.36. The Morgan fingerprint density at radius 1 is 0.854 bits per heavy atom. The van der Waals surface area contributed by atoms with Crippen molar-refractivity contribution in [3.05, 3.63) is 128 Å². The van der Waals surface area contributed by atoms with Crippen molar-refractivity contribution in [1.29, 1.82) is 0 Å². The van der Waals surface area contributed by atoms with Gasteiger partial charge in [-0.1, -0.05) is 22.0 Å². The number of hydrogen-bond donors (Lipinski definition) is 2. The second kappa shape index (κ2) is 13.1. The number of hydrazone groups is 1. The number of hydrogen-bond acceptors (Lipinski definition) is 8. The number of carbonyl (C=O) groups excluding carboxylic acids is 3. The first kappa shape index (κ1) is 28.6. The molecule has 4 aromatic carbocycles. The van der Waals surface area contributed by atoms with Gasteiger partial charge in [-0.15, -0.1) is 0 Å². The predicted molar refractivity (Wildman–Crippen MR) is 155 cm³/mol. The molecule has 0 aliphatic rings. The van der Waals surface area contributed by atoms with E-state index in [4.69, 9.17) is 9.47 Å². The first-order valence-corrected chi connectivity index (χ1v) is 12.7. The van der Waals surface area contributed by atoms with Crippen molar-refractivity contribution in [1.82, 2.24) is 5.43 Å². The summed E-state index contributed by atoms with van der Waals surface area (Å²) in [6, 6.07) is 22.9. The summed E-state index contributed by atoms with van der Waals surface area (Å²) < 4.78 is 11.5. The molecule has 0 aromatic heterocycles. The standard InChI is InChI=1S/C29H21BrN4O7/c1-40-26-15-18(5-14-25(26)41-29(37)20-8-12-24(13-9-20)34(38)39)17-31-33-28(36)21-3-2-4-23(16-21)32-27(35)19-6-10-22(30)11-7-19/h2-17H,1H3,(H,32,35)(H,33,36). The third-order valence-corrected chi connectivity index (χ3v) is 6.10. The average molecular weight is 617 g/mol. The molecule has 4 aromatic rings. The van der Waals surface area contributed by atoms with Crippen molar-refractivity contribution in [2.45, 2.75) is 0 Å². The number of methoxy groups -OCH3 is 1. The van der Waals surface area contributed by atoms with Crippen LogP contribution >= 0.6 is 15.9 Å². The SMILES string of the molecule is COc1cc(C=NNC(=O)c2cccc(NC(=O)c3ccc(Br)cc3)c2)ccc1OC(=O)c1ccc([N+](=O)[O-])cc1. The molecule has 0 saturated heterocycles. The monoisotopic (exact) mass is 616 g/mol. The van der Waals surface area contributed by atoms with E-state index in [1.807, 2.05) is 0 Å². The lowest BCUT2D eigenvalue weighted by Crippen LogP contribution is -2.18. The molecule has 4 rings (SSSR count). The molecule has 0 bridgehead atoms. The molecule has 0 fully saturated rings. The van der Waals surface area contributed by atoms with E-state index >= 15 is 0 Å². The minimum Gasteiger partial charge on any atom is -0.493 e. The van der Waals surface area contributed by atoms with E-state index in [0.29, 0.717) is 16.8 Å². The normalized spacial score (nSPS) is 10.6. The van der Waals surface area contributed by atoms with Gasteiger partial charge in [-0.3, -0.25) is 19.7 Å². The van der Waals surface area contributed by atoms with Gasteiger partial charge in [0, 0.05) is 33.4 Å². The van der Waals surface area contributed by atoms with Crippen molar-refractivity contribution in [3.63, 3.8) is 0 Å². The van der Waals surface area contributed by atoms with Crippen molar-refractivity contribution in [2.24, 2.45) is 5.10 Å². The summed E-state index contributed by atoms with van der Waals surface area (Å²) in [5.41, 5.74) is 4.13. The molecule has 11 nitrogen and oxygen atoms in total. The zero-order chi connectivity index (χ0) is 29.4. The number of non-ortho nitro benzene ring substituents is 1. The minimum atomic E-state index is -0.720. The van der Waals surface area contributed by atoms with Crippen LogP contribution in [0, 0.1) is 10.1 Å². The van der Waals surface area contributed by atoms with E-state index in [-0.39, 0.29) is 34.2 Å².